The molecule has 0 spiro atoms. The summed E-state index contributed by atoms with van der Waals surface area (Å²) in [5.41, 5.74) is 6.82. The molecule has 0 aromatic rings. The molecule has 14 heavy (non-hydrogen) atoms. The SMILES string of the molecule is CC1(C(N)C2CCCOC2)CCCC1. The Balaban J connectivity index is 1.95. The van der Waals surface area contributed by atoms with Crippen molar-refractivity contribution in [3.8, 4) is 0 Å². The summed E-state index contributed by atoms with van der Waals surface area (Å²) < 4.78 is 5.53. The fraction of sp³-hybridized carbons (Fsp3) is 1.00. The normalized spacial score (nSPS) is 34.3. The minimum absolute atomic E-state index is 0.366. The van der Waals surface area contributed by atoms with Gasteiger partial charge in [0.15, 0.2) is 0 Å². The topological polar surface area (TPSA) is 35.2 Å². The number of nitrogens with two attached hydrogens (primary N) is 1. The largest absolute Gasteiger partial charge is 0.381 e. The van der Waals surface area contributed by atoms with E-state index in [2.05, 4.69) is 6.92 Å². The molecule has 2 rings (SSSR count). The van der Waals surface area contributed by atoms with Gasteiger partial charge < -0.3 is 10.5 Å². The van der Waals surface area contributed by atoms with Crippen LogP contribution in [0.4, 0.5) is 0 Å². The molecule has 1 heterocycles. The second-order valence-electron chi connectivity index (χ2n) is 5.36. The molecule has 0 aromatic carbocycles. The van der Waals surface area contributed by atoms with Gasteiger partial charge in [-0.15, -0.1) is 0 Å². The Labute approximate surface area is 87.2 Å². The van der Waals surface area contributed by atoms with E-state index >= 15 is 0 Å². The smallest absolute Gasteiger partial charge is 0.0509 e. The summed E-state index contributed by atoms with van der Waals surface area (Å²) in [4.78, 5) is 0. The van der Waals surface area contributed by atoms with Crippen LogP contribution < -0.4 is 5.73 Å². The first-order chi connectivity index (χ1) is 6.72. The zero-order valence-electron chi connectivity index (χ0n) is 9.30. The Kier molecular flexibility index (Phi) is 3.13. The van der Waals surface area contributed by atoms with Crippen LogP contribution >= 0.6 is 0 Å². The molecule has 1 saturated heterocycles. The summed E-state index contributed by atoms with van der Waals surface area (Å²) in [6.07, 6.45) is 7.87. The van der Waals surface area contributed by atoms with Gasteiger partial charge in [-0.3, -0.25) is 0 Å². The van der Waals surface area contributed by atoms with Crippen molar-refractivity contribution >= 4 is 0 Å². The maximum absolute atomic E-state index is 6.41. The van der Waals surface area contributed by atoms with Gasteiger partial charge in [-0.1, -0.05) is 19.8 Å². The van der Waals surface area contributed by atoms with Gasteiger partial charge in [0, 0.05) is 12.6 Å². The molecule has 0 aromatic heterocycles. The van der Waals surface area contributed by atoms with Crippen LogP contribution in [0.15, 0.2) is 0 Å². The molecule has 2 nitrogen and oxygen atoms in total. The summed E-state index contributed by atoms with van der Waals surface area (Å²) in [6, 6.07) is 0.366. The molecule has 0 amide bonds. The highest BCUT2D eigenvalue weighted by atomic mass is 16.5. The van der Waals surface area contributed by atoms with Gasteiger partial charge in [-0.05, 0) is 37.0 Å². The Morgan fingerprint density at radius 3 is 2.57 bits per heavy atom. The molecule has 1 aliphatic carbocycles. The Morgan fingerprint density at radius 2 is 2.00 bits per heavy atom. The van der Waals surface area contributed by atoms with E-state index < -0.39 is 0 Å². The van der Waals surface area contributed by atoms with Crippen molar-refractivity contribution in [2.24, 2.45) is 17.1 Å². The zero-order chi connectivity index (χ0) is 10.0. The van der Waals surface area contributed by atoms with Crippen molar-refractivity contribution < 1.29 is 4.74 Å². The van der Waals surface area contributed by atoms with Crippen molar-refractivity contribution in [3.05, 3.63) is 0 Å². The number of hydrogen-bond acceptors (Lipinski definition) is 2. The van der Waals surface area contributed by atoms with Crippen molar-refractivity contribution in [2.75, 3.05) is 13.2 Å². The minimum Gasteiger partial charge on any atom is -0.381 e. The molecule has 1 saturated carbocycles. The third-order valence-corrected chi connectivity index (χ3v) is 4.25. The highest BCUT2D eigenvalue weighted by Crippen LogP contribution is 2.43. The van der Waals surface area contributed by atoms with Crippen molar-refractivity contribution in [2.45, 2.75) is 51.5 Å². The van der Waals surface area contributed by atoms with Crippen molar-refractivity contribution in [1.29, 1.82) is 0 Å². The van der Waals surface area contributed by atoms with Crippen LogP contribution in [0.2, 0.25) is 0 Å². The third-order valence-electron chi connectivity index (χ3n) is 4.25. The van der Waals surface area contributed by atoms with Crippen LogP contribution in [0.1, 0.15) is 45.4 Å². The Hall–Kier alpha value is -0.0800. The standard InChI is InChI=1S/C12H23NO/c1-12(6-2-3-7-12)11(13)10-5-4-8-14-9-10/h10-11H,2-9,13H2,1H3. The molecule has 2 heteroatoms. The summed E-state index contributed by atoms with van der Waals surface area (Å²) >= 11 is 0. The second kappa shape index (κ2) is 4.19. The maximum atomic E-state index is 6.41. The first kappa shape index (κ1) is 10.4. The van der Waals surface area contributed by atoms with Gasteiger partial charge in [0.1, 0.15) is 0 Å². The lowest BCUT2D eigenvalue weighted by atomic mass is 9.73. The molecule has 82 valence electrons. The molecule has 0 radical (unpaired) electrons. The van der Waals surface area contributed by atoms with E-state index in [-0.39, 0.29) is 0 Å². The fourth-order valence-electron chi connectivity index (χ4n) is 3.13. The minimum atomic E-state index is 0.366. The molecule has 0 bridgehead atoms. The van der Waals surface area contributed by atoms with Crippen LogP contribution in [0.5, 0.6) is 0 Å². The van der Waals surface area contributed by atoms with E-state index in [4.69, 9.17) is 10.5 Å². The van der Waals surface area contributed by atoms with Crippen LogP contribution in [-0.2, 0) is 4.74 Å². The number of rotatable bonds is 2. The van der Waals surface area contributed by atoms with Crippen LogP contribution in [0, 0.1) is 11.3 Å². The van der Waals surface area contributed by atoms with E-state index in [0.717, 1.165) is 13.2 Å². The summed E-state index contributed by atoms with van der Waals surface area (Å²) in [5.74, 6) is 0.617. The number of hydrogen-bond donors (Lipinski definition) is 1. The Bertz CT molecular complexity index is 181. The van der Waals surface area contributed by atoms with Crippen molar-refractivity contribution in [1.82, 2.24) is 0 Å². The molecular weight excluding hydrogens is 174 g/mol. The highest BCUT2D eigenvalue weighted by Gasteiger charge is 2.39. The van der Waals surface area contributed by atoms with E-state index in [1.54, 1.807) is 0 Å². The predicted molar refractivity (Wildman–Crippen MR) is 58.1 cm³/mol. The lowest BCUT2D eigenvalue weighted by molar-refractivity contribution is 0.0224. The average Bonchev–Trinajstić information content (AvgIpc) is 2.67. The molecular formula is C12H23NO. The molecule has 1 aliphatic heterocycles. The van der Waals surface area contributed by atoms with Gasteiger partial charge in [-0.25, -0.2) is 0 Å². The first-order valence-corrected chi connectivity index (χ1v) is 6.06. The van der Waals surface area contributed by atoms with Gasteiger partial charge in [0.2, 0.25) is 0 Å². The predicted octanol–water partition coefficient (Wildman–Crippen LogP) is 2.32. The molecule has 2 aliphatic rings. The molecule has 2 unspecified atom stereocenters. The third kappa shape index (κ3) is 1.96. The van der Waals surface area contributed by atoms with E-state index in [1.165, 1.54) is 38.5 Å². The summed E-state index contributed by atoms with van der Waals surface area (Å²) in [5, 5.41) is 0. The quantitative estimate of drug-likeness (QED) is 0.737. The van der Waals surface area contributed by atoms with Crippen LogP contribution in [0.25, 0.3) is 0 Å². The van der Waals surface area contributed by atoms with E-state index in [1.807, 2.05) is 0 Å². The second-order valence-corrected chi connectivity index (χ2v) is 5.36. The lowest BCUT2D eigenvalue weighted by Crippen LogP contribution is -2.46. The fourth-order valence-corrected chi connectivity index (χ4v) is 3.13. The zero-order valence-corrected chi connectivity index (χ0v) is 9.30. The van der Waals surface area contributed by atoms with E-state index in [0.29, 0.717) is 17.4 Å². The van der Waals surface area contributed by atoms with Crippen LogP contribution in [0.3, 0.4) is 0 Å². The van der Waals surface area contributed by atoms with Gasteiger partial charge >= 0.3 is 0 Å². The first-order valence-electron chi connectivity index (χ1n) is 6.06. The monoisotopic (exact) mass is 197 g/mol. The lowest BCUT2D eigenvalue weighted by Gasteiger charge is -2.38. The Morgan fingerprint density at radius 1 is 1.29 bits per heavy atom. The number of ether oxygens (including phenoxy) is 1. The summed E-state index contributed by atoms with van der Waals surface area (Å²) in [7, 11) is 0. The maximum Gasteiger partial charge on any atom is 0.0509 e. The van der Waals surface area contributed by atoms with Gasteiger partial charge in [0.05, 0.1) is 6.61 Å². The highest BCUT2D eigenvalue weighted by molar-refractivity contribution is 4.93. The van der Waals surface area contributed by atoms with E-state index in [9.17, 15) is 0 Å². The molecule has 2 N–H and O–H groups in total. The molecule has 2 atom stereocenters. The average molecular weight is 197 g/mol. The molecule has 2 fully saturated rings. The van der Waals surface area contributed by atoms with Crippen LogP contribution in [-0.4, -0.2) is 19.3 Å². The summed E-state index contributed by atoms with van der Waals surface area (Å²) in [6.45, 7) is 4.22. The van der Waals surface area contributed by atoms with Gasteiger partial charge in [-0.2, -0.15) is 0 Å². The van der Waals surface area contributed by atoms with Crippen molar-refractivity contribution in [3.63, 3.8) is 0 Å². The van der Waals surface area contributed by atoms with Gasteiger partial charge in [0.25, 0.3) is 0 Å².